The molecule has 6 heteroatoms. The van der Waals surface area contributed by atoms with Gasteiger partial charge in [-0.1, -0.05) is 43.0 Å². The average Bonchev–Trinajstić information content (AvgIpc) is 3.10. The van der Waals surface area contributed by atoms with Crippen molar-refractivity contribution in [3.63, 3.8) is 0 Å². The van der Waals surface area contributed by atoms with Gasteiger partial charge in [0.05, 0.1) is 17.0 Å². The van der Waals surface area contributed by atoms with Crippen molar-refractivity contribution >= 4 is 16.9 Å². The number of pyridine rings is 1. The number of nitrogens with zero attached hydrogens (tertiary/aromatic N) is 2. The number of para-hydroxylation sites is 1. The molecule has 4 aromatic rings. The molecule has 0 saturated heterocycles. The molecule has 6 nitrogen and oxygen atoms in total. The van der Waals surface area contributed by atoms with E-state index in [2.05, 4.69) is 11.6 Å². The van der Waals surface area contributed by atoms with Crippen LogP contribution in [0.5, 0.6) is 5.75 Å². The van der Waals surface area contributed by atoms with Gasteiger partial charge in [0.2, 0.25) is 5.76 Å². The molecule has 5 rings (SSSR count). The molecular weight excluding hydrogens is 404 g/mol. The standard InChI is InChI=1S/C26H20N2O4/c1-2-14-31-19-11-9-18(10-12-19)23-22-24(29)20-7-3-4-8-21(20)32-25(22)26(30)28(23)16-17-6-5-13-27-15-17/h2-13,15,23H,1,14,16H2/t23-/m0/s1. The molecular formula is C26H20N2O4. The van der Waals surface area contributed by atoms with Crippen LogP contribution in [-0.4, -0.2) is 22.4 Å². The fourth-order valence-electron chi connectivity index (χ4n) is 4.07. The number of fused-ring (bicyclic) bond motifs is 2. The summed E-state index contributed by atoms with van der Waals surface area (Å²) < 4.78 is 11.5. The van der Waals surface area contributed by atoms with Gasteiger partial charge in [-0.05, 0) is 41.5 Å². The summed E-state index contributed by atoms with van der Waals surface area (Å²) in [5.74, 6) is 0.459. The zero-order chi connectivity index (χ0) is 22.1. The fraction of sp³-hybridized carbons (Fsp3) is 0.115. The summed E-state index contributed by atoms with van der Waals surface area (Å²) in [5.41, 5.74) is 2.23. The minimum Gasteiger partial charge on any atom is -0.490 e. The molecule has 0 unspecified atom stereocenters. The zero-order valence-corrected chi connectivity index (χ0v) is 17.2. The lowest BCUT2D eigenvalue weighted by atomic mass is 9.98. The molecule has 0 aliphatic carbocycles. The number of hydrogen-bond acceptors (Lipinski definition) is 5. The Balaban J connectivity index is 1.65. The summed E-state index contributed by atoms with van der Waals surface area (Å²) >= 11 is 0. The first-order valence-electron chi connectivity index (χ1n) is 10.3. The normalized spacial score (nSPS) is 15.1. The number of ether oxygens (including phenoxy) is 1. The first kappa shape index (κ1) is 19.8. The van der Waals surface area contributed by atoms with Crippen LogP contribution in [0, 0.1) is 0 Å². The maximum atomic E-state index is 13.5. The second kappa shape index (κ2) is 8.15. The largest absolute Gasteiger partial charge is 0.490 e. The predicted molar refractivity (Wildman–Crippen MR) is 121 cm³/mol. The Morgan fingerprint density at radius 1 is 1.06 bits per heavy atom. The third-order valence-corrected chi connectivity index (χ3v) is 5.51. The summed E-state index contributed by atoms with van der Waals surface area (Å²) in [7, 11) is 0. The number of amides is 1. The van der Waals surface area contributed by atoms with Gasteiger partial charge in [0.25, 0.3) is 5.91 Å². The number of carbonyl (C=O) groups is 1. The Morgan fingerprint density at radius 2 is 1.88 bits per heavy atom. The van der Waals surface area contributed by atoms with Crippen LogP contribution in [0.1, 0.15) is 33.3 Å². The molecule has 0 spiro atoms. The van der Waals surface area contributed by atoms with E-state index in [9.17, 15) is 9.59 Å². The lowest BCUT2D eigenvalue weighted by Crippen LogP contribution is -2.29. The summed E-state index contributed by atoms with van der Waals surface area (Å²) in [6.07, 6.45) is 5.07. The molecule has 0 radical (unpaired) electrons. The monoisotopic (exact) mass is 424 g/mol. The molecule has 32 heavy (non-hydrogen) atoms. The van der Waals surface area contributed by atoms with E-state index in [-0.39, 0.29) is 17.1 Å². The zero-order valence-electron chi connectivity index (χ0n) is 17.2. The van der Waals surface area contributed by atoms with Crippen molar-refractivity contribution in [2.24, 2.45) is 0 Å². The van der Waals surface area contributed by atoms with Crippen molar-refractivity contribution in [1.29, 1.82) is 0 Å². The SMILES string of the molecule is C=CCOc1ccc([C@H]2c3c(oc4ccccc4c3=O)C(=O)N2Cc2cccnc2)cc1. The molecule has 2 aromatic carbocycles. The van der Waals surface area contributed by atoms with Gasteiger partial charge in [-0.2, -0.15) is 0 Å². The lowest BCUT2D eigenvalue weighted by molar-refractivity contribution is 0.0714. The molecule has 0 fully saturated rings. The van der Waals surface area contributed by atoms with Crippen LogP contribution < -0.4 is 10.2 Å². The van der Waals surface area contributed by atoms with Crippen LogP contribution in [0.2, 0.25) is 0 Å². The van der Waals surface area contributed by atoms with Crippen LogP contribution in [0.25, 0.3) is 11.0 Å². The molecule has 158 valence electrons. The number of carbonyl (C=O) groups excluding carboxylic acids is 1. The highest BCUT2D eigenvalue weighted by Crippen LogP contribution is 2.39. The quantitative estimate of drug-likeness (QED) is 0.426. The number of hydrogen-bond donors (Lipinski definition) is 0. The van der Waals surface area contributed by atoms with E-state index in [0.717, 1.165) is 11.1 Å². The van der Waals surface area contributed by atoms with E-state index < -0.39 is 6.04 Å². The lowest BCUT2D eigenvalue weighted by Gasteiger charge is -2.25. The molecule has 2 aromatic heterocycles. The fourth-order valence-corrected chi connectivity index (χ4v) is 4.07. The van der Waals surface area contributed by atoms with Gasteiger partial charge in [0, 0.05) is 18.9 Å². The van der Waals surface area contributed by atoms with Crippen molar-refractivity contribution in [3.05, 3.63) is 118 Å². The van der Waals surface area contributed by atoms with Gasteiger partial charge in [-0.15, -0.1) is 0 Å². The van der Waals surface area contributed by atoms with Crippen molar-refractivity contribution in [1.82, 2.24) is 9.88 Å². The Kier molecular flexibility index (Phi) is 5.03. The van der Waals surface area contributed by atoms with Gasteiger partial charge in [0.15, 0.2) is 5.43 Å². The van der Waals surface area contributed by atoms with Crippen molar-refractivity contribution in [3.8, 4) is 5.75 Å². The van der Waals surface area contributed by atoms with Gasteiger partial charge in [-0.25, -0.2) is 0 Å². The molecule has 1 atom stereocenters. The van der Waals surface area contributed by atoms with Gasteiger partial charge in [0.1, 0.15) is 17.9 Å². The molecule has 0 N–H and O–H groups in total. The van der Waals surface area contributed by atoms with E-state index in [1.165, 1.54) is 0 Å². The smallest absolute Gasteiger partial charge is 0.291 e. The Morgan fingerprint density at radius 3 is 2.62 bits per heavy atom. The van der Waals surface area contributed by atoms with E-state index in [4.69, 9.17) is 9.15 Å². The van der Waals surface area contributed by atoms with E-state index in [1.54, 1.807) is 47.6 Å². The first-order chi connectivity index (χ1) is 15.7. The first-order valence-corrected chi connectivity index (χ1v) is 10.3. The highest BCUT2D eigenvalue weighted by molar-refractivity contribution is 5.99. The molecule has 1 aliphatic heterocycles. The van der Waals surface area contributed by atoms with Crippen LogP contribution >= 0.6 is 0 Å². The van der Waals surface area contributed by atoms with Crippen molar-refractivity contribution in [2.75, 3.05) is 6.61 Å². The van der Waals surface area contributed by atoms with Gasteiger partial charge < -0.3 is 14.1 Å². The highest BCUT2D eigenvalue weighted by atomic mass is 16.5. The van der Waals surface area contributed by atoms with Crippen molar-refractivity contribution in [2.45, 2.75) is 12.6 Å². The molecule has 1 amide bonds. The minimum absolute atomic E-state index is 0.0922. The second-order valence-corrected chi connectivity index (χ2v) is 7.54. The summed E-state index contributed by atoms with van der Waals surface area (Å²) in [6, 6.07) is 17.5. The molecule has 3 heterocycles. The van der Waals surface area contributed by atoms with Crippen LogP contribution in [0.4, 0.5) is 0 Å². The maximum absolute atomic E-state index is 13.5. The van der Waals surface area contributed by atoms with Gasteiger partial charge in [-0.3, -0.25) is 14.6 Å². The van der Waals surface area contributed by atoms with Crippen LogP contribution in [0.15, 0.2) is 94.9 Å². The summed E-state index contributed by atoms with van der Waals surface area (Å²) in [6.45, 7) is 4.35. The van der Waals surface area contributed by atoms with Crippen LogP contribution in [0.3, 0.4) is 0 Å². The number of benzene rings is 2. The molecule has 1 aliphatic rings. The summed E-state index contributed by atoms with van der Waals surface area (Å²) in [4.78, 5) is 32.7. The summed E-state index contributed by atoms with van der Waals surface area (Å²) in [5, 5.41) is 0.457. The van der Waals surface area contributed by atoms with Gasteiger partial charge >= 0.3 is 0 Å². The average molecular weight is 424 g/mol. The highest BCUT2D eigenvalue weighted by Gasteiger charge is 2.42. The molecule has 0 saturated carbocycles. The maximum Gasteiger partial charge on any atom is 0.291 e. The number of rotatable bonds is 6. The topological polar surface area (TPSA) is 72.6 Å². The second-order valence-electron chi connectivity index (χ2n) is 7.54. The Labute approximate surface area is 184 Å². The van der Waals surface area contributed by atoms with Crippen LogP contribution in [-0.2, 0) is 6.54 Å². The Hall–Kier alpha value is -4.19. The van der Waals surface area contributed by atoms with Crippen molar-refractivity contribution < 1.29 is 13.9 Å². The van der Waals surface area contributed by atoms with E-state index in [1.807, 2.05) is 36.4 Å². The third-order valence-electron chi connectivity index (χ3n) is 5.51. The third kappa shape index (κ3) is 3.36. The molecule has 0 bridgehead atoms. The Bertz CT molecular complexity index is 1360. The van der Waals surface area contributed by atoms with E-state index in [0.29, 0.717) is 35.4 Å². The predicted octanol–water partition coefficient (Wildman–Crippen LogP) is 4.50. The van der Waals surface area contributed by atoms with E-state index >= 15 is 0 Å². The minimum atomic E-state index is -0.577. The number of aromatic nitrogens is 1.